The molecule has 0 fully saturated rings. The lowest BCUT2D eigenvalue weighted by atomic mass is 10.3. The lowest BCUT2D eigenvalue weighted by Gasteiger charge is -2.22. The Hall–Kier alpha value is -0.990. The van der Waals surface area contributed by atoms with E-state index in [0.717, 1.165) is 0 Å². The molecule has 5 heteroatoms. The fraction of sp³-hybridized carbons (Fsp3) is 0.400. The third kappa shape index (κ3) is 1.75. The van der Waals surface area contributed by atoms with E-state index in [1.807, 2.05) is 26.0 Å². The Morgan fingerprint density at radius 1 is 1.13 bits per heavy atom. The Kier molecular flexibility index (Phi) is 2.72. The summed E-state index contributed by atoms with van der Waals surface area (Å²) in [5, 5.41) is 0. The van der Waals surface area contributed by atoms with Crippen LogP contribution in [0.15, 0.2) is 24.3 Å². The van der Waals surface area contributed by atoms with Crippen LogP contribution in [-0.4, -0.2) is 17.8 Å². The van der Waals surface area contributed by atoms with Gasteiger partial charge in [0.25, 0.3) is 0 Å². The predicted molar refractivity (Wildman–Crippen MR) is 58.2 cm³/mol. The third-order valence-corrected chi connectivity index (χ3v) is 4.47. The van der Waals surface area contributed by atoms with Crippen LogP contribution in [0.2, 0.25) is 0 Å². The summed E-state index contributed by atoms with van der Waals surface area (Å²) in [5.74, 6) is 1.13. The molecule has 0 N–H and O–H groups in total. The SMILES string of the molecule is CCN(CC)P1(=O)Oc2ccccc2O1. The van der Waals surface area contributed by atoms with E-state index < -0.39 is 7.75 Å². The van der Waals surface area contributed by atoms with Crippen molar-refractivity contribution in [3.05, 3.63) is 24.3 Å². The van der Waals surface area contributed by atoms with E-state index in [4.69, 9.17) is 9.05 Å². The lowest BCUT2D eigenvalue weighted by Crippen LogP contribution is -2.23. The van der Waals surface area contributed by atoms with E-state index in [9.17, 15) is 4.57 Å². The molecule has 1 aromatic rings. The van der Waals surface area contributed by atoms with Crippen molar-refractivity contribution < 1.29 is 13.6 Å². The van der Waals surface area contributed by atoms with Crippen molar-refractivity contribution in [2.45, 2.75) is 13.8 Å². The van der Waals surface area contributed by atoms with Gasteiger partial charge in [0.05, 0.1) is 0 Å². The van der Waals surface area contributed by atoms with Crippen molar-refractivity contribution >= 4 is 7.75 Å². The maximum absolute atomic E-state index is 12.3. The molecule has 0 spiro atoms. The zero-order chi connectivity index (χ0) is 10.9. The molecule has 1 aliphatic rings. The average molecular weight is 227 g/mol. The molecule has 0 saturated heterocycles. The molecule has 0 atom stereocenters. The van der Waals surface area contributed by atoms with Gasteiger partial charge in [-0.3, -0.25) is 0 Å². The Morgan fingerprint density at radius 3 is 2.00 bits per heavy atom. The molecule has 0 aliphatic carbocycles. The summed E-state index contributed by atoms with van der Waals surface area (Å²) in [5.41, 5.74) is 0. The zero-order valence-corrected chi connectivity index (χ0v) is 9.74. The minimum atomic E-state index is -3.13. The van der Waals surface area contributed by atoms with Gasteiger partial charge in [0.1, 0.15) is 0 Å². The Morgan fingerprint density at radius 2 is 1.60 bits per heavy atom. The molecule has 1 heterocycles. The van der Waals surface area contributed by atoms with E-state index >= 15 is 0 Å². The first-order valence-corrected chi connectivity index (χ1v) is 6.53. The summed E-state index contributed by atoms with van der Waals surface area (Å²) in [6.45, 7) is 5.14. The van der Waals surface area contributed by atoms with Crippen LogP contribution in [0.3, 0.4) is 0 Å². The standard InChI is InChI=1S/C10H14NO3P/c1-3-11(4-2)15(12)13-9-7-5-6-8-10(9)14-15/h5-8H,3-4H2,1-2H3. The van der Waals surface area contributed by atoms with Crippen LogP contribution >= 0.6 is 7.75 Å². The molecule has 1 aliphatic heterocycles. The van der Waals surface area contributed by atoms with E-state index in [-0.39, 0.29) is 0 Å². The summed E-state index contributed by atoms with van der Waals surface area (Å²) in [6.07, 6.45) is 0. The van der Waals surface area contributed by atoms with Gasteiger partial charge in [-0.1, -0.05) is 26.0 Å². The maximum Gasteiger partial charge on any atom is 0.515 e. The molecule has 0 bridgehead atoms. The van der Waals surface area contributed by atoms with Crippen molar-refractivity contribution in [3.63, 3.8) is 0 Å². The quantitative estimate of drug-likeness (QED) is 0.744. The number of rotatable bonds is 3. The molecule has 2 rings (SSSR count). The van der Waals surface area contributed by atoms with Gasteiger partial charge in [-0.2, -0.15) is 4.67 Å². The van der Waals surface area contributed by atoms with Crippen LogP contribution in [0.4, 0.5) is 0 Å². The molecule has 0 amide bonds. The van der Waals surface area contributed by atoms with E-state index in [0.29, 0.717) is 24.6 Å². The highest BCUT2D eigenvalue weighted by Crippen LogP contribution is 2.59. The summed E-state index contributed by atoms with van der Waals surface area (Å²) in [6, 6.07) is 7.19. The molecule has 4 nitrogen and oxygen atoms in total. The summed E-state index contributed by atoms with van der Waals surface area (Å²) >= 11 is 0. The number of hydrogen-bond acceptors (Lipinski definition) is 3. The highest BCUT2D eigenvalue weighted by atomic mass is 31.2. The summed E-state index contributed by atoms with van der Waals surface area (Å²) in [4.78, 5) is 0. The molecule has 0 radical (unpaired) electrons. The second-order valence-electron chi connectivity index (χ2n) is 3.24. The zero-order valence-electron chi connectivity index (χ0n) is 8.84. The molecular formula is C10H14NO3P. The number of nitrogens with zero attached hydrogens (tertiary/aromatic N) is 1. The molecule has 0 unspecified atom stereocenters. The van der Waals surface area contributed by atoms with Gasteiger partial charge < -0.3 is 9.05 Å². The van der Waals surface area contributed by atoms with Gasteiger partial charge in [-0.05, 0) is 12.1 Å². The van der Waals surface area contributed by atoms with Gasteiger partial charge in [0, 0.05) is 13.1 Å². The van der Waals surface area contributed by atoms with Crippen molar-refractivity contribution in [2.75, 3.05) is 13.1 Å². The van der Waals surface area contributed by atoms with Crippen molar-refractivity contribution in [1.82, 2.24) is 4.67 Å². The number of benzene rings is 1. The fourth-order valence-electron chi connectivity index (χ4n) is 1.55. The van der Waals surface area contributed by atoms with E-state index in [2.05, 4.69) is 0 Å². The molecule has 15 heavy (non-hydrogen) atoms. The minimum absolute atomic E-state index is 0.563. The third-order valence-electron chi connectivity index (χ3n) is 2.35. The Labute approximate surface area is 89.4 Å². The topological polar surface area (TPSA) is 38.8 Å². The summed E-state index contributed by atoms with van der Waals surface area (Å²) in [7, 11) is -3.13. The van der Waals surface area contributed by atoms with Crippen LogP contribution in [0, 0.1) is 0 Å². The first-order chi connectivity index (χ1) is 7.19. The highest BCUT2D eigenvalue weighted by molar-refractivity contribution is 7.52. The first kappa shape index (κ1) is 10.5. The molecule has 1 aromatic carbocycles. The predicted octanol–water partition coefficient (Wildman–Crippen LogP) is 2.91. The highest BCUT2D eigenvalue weighted by Gasteiger charge is 2.41. The first-order valence-electron chi connectivity index (χ1n) is 5.03. The summed E-state index contributed by atoms with van der Waals surface area (Å²) < 4.78 is 24.8. The van der Waals surface area contributed by atoms with E-state index in [1.165, 1.54) is 0 Å². The van der Waals surface area contributed by atoms with Crippen molar-refractivity contribution in [2.24, 2.45) is 0 Å². The largest absolute Gasteiger partial charge is 0.515 e. The number of para-hydroxylation sites is 2. The second kappa shape index (κ2) is 3.87. The van der Waals surface area contributed by atoms with Crippen LogP contribution in [0.25, 0.3) is 0 Å². The molecule has 0 aromatic heterocycles. The van der Waals surface area contributed by atoms with Crippen molar-refractivity contribution in [3.8, 4) is 11.5 Å². The van der Waals surface area contributed by atoms with Gasteiger partial charge >= 0.3 is 7.75 Å². The number of hydrogen-bond donors (Lipinski definition) is 0. The second-order valence-corrected chi connectivity index (χ2v) is 5.10. The lowest BCUT2D eigenvalue weighted by molar-refractivity contribution is 0.324. The number of fused-ring (bicyclic) bond motifs is 1. The van der Waals surface area contributed by atoms with Gasteiger partial charge in [0.15, 0.2) is 11.5 Å². The van der Waals surface area contributed by atoms with Gasteiger partial charge in [0.2, 0.25) is 0 Å². The van der Waals surface area contributed by atoms with Crippen LogP contribution in [0.5, 0.6) is 11.5 Å². The van der Waals surface area contributed by atoms with Gasteiger partial charge in [-0.25, -0.2) is 4.57 Å². The average Bonchev–Trinajstić information content (AvgIpc) is 2.56. The monoisotopic (exact) mass is 227 g/mol. The smallest absolute Gasteiger partial charge is 0.400 e. The van der Waals surface area contributed by atoms with E-state index in [1.54, 1.807) is 16.8 Å². The van der Waals surface area contributed by atoms with Crippen LogP contribution < -0.4 is 9.05 Å². The molecule has 82 valence electrons. The Bertz CT molecular complexity index is 374. The minimum Gasteiger partial charge on any atom is -0.400 e. The molecule has 0 saturated carbocycles. The fourth-order valence-corrected chi connectivity index (χ4v) is 3.31. The Balaban J connectivity index is 2.28. The van der Waals surface area contributed by atoms with Crippen LogP contribution in [0.1, 0.15) is 13.8 Å². The maximum atomic E-state index is 12.3. The molecular weight excluding hydrogens is 213 g/mol. The normalized spacial score (nSPS) is 17.0. The van der Waals surface area contributed by atoms with Crippen molar-refractivity contribution in [1.29, 1.82) is 0 Å². The van der Waals surface area contributed by atoms with Crippen LogP contribution in [-0.2, 0) is 4.57 Å². The van der Waals surface area contributed by atoms with Gasteiger partial charge in [-0.15, -0.1) is 0 Å².